The number of halogens is 1. The summed E-state index contributed by atoms with van der Waals surface area (Å²) in [5.74, 6) is -0.00750. The van der Waals surface area contributed by atoms with E-state index >= 15 is 0 Å². The number of amides is 1. The summed E-state index contributed by atoms with van der Waals surface area (Å²) < 4.78 is 13.5. The number of hydrogen-bond donors (Lipinski definition) is 1. The van der Waals surface area contributed by atoms with E-state index < -0.39 is 11.6 Å². The number of aryl methyl sites for hydroxylation is 1. The number of nitrogens with two attached hydrogens (primary N) is 1. The van der Waals surface area contributed by atoms with E-state index in [4.69, 9.17) is 5.73 Å². The van der Waals surface area contributed by atoms with Gasteiger partial charge in [0.05, 0.1) is 11.6 Å². The molecule has 3 rings (SSSR count). The van der Waals surface area contributed by atoms with Crippen LogP contribution in [0.1, 0.15) is 50.8 Å². The first kappa shape index (κ1) is 25.7. The van der Waals surface area contributed by atoms with Crippen LogP contribution < -0.4 is 5.73 Å². The van der Waals surface area contributed by atoms with Crippen LogP contribution in [0.2, 0.25) is 0 Å². The Balaban J connectivity index is 1.80. The second-order valence-corrected chi connectivity index (χ2v) is 9.89. The molecule has 182 valence electrons. The molecule has 2 N–H and O–H groups in total. The molecule has 2 aromatic carbocycles. The van der Waals surface area contributed by atoms with Crippen molar-refractivity contribution in [3.8, 4) is 0 Å². The first-order valence-corrected chi connectivity index (χ1v) is 12.1. The molecular formula is C29H38FN3O. The zero-order chi connectivity index (χ0) is 25.0. The van der Waals surface area contributed by atoms with Crippen molar-refractivity contribution in [2.45, 2.75) is 59.0 Å². The molecule has 0 radical (unpaired) electrons. The van der Waals surface area contributed by atoms with Gasteiger partial charge in [-0.3, -0.25) is 4.79 Å². The molecule has 0 saturated carbocycles. The molecule has 1 saturated heterocycles. The third kappa shape index (κ3) is 5.58. The molecule has 0 spiro atoms. The molecule has 0 bridgehead atoms. The summed E-state index contributed by atoms with van der Waals surface area (Å²) in [6.07, 6.45) is 3.59. The molecule has 0 aromatic heterocycles. The van der Waals surface area contributed by atoms with Gasteiger partial charge in [0, 0.05) is 25.0 Å². The van der Waals surface area contributed by atoms with E-state index in [0.29, 0.717) is 25.4 Å². The van der Waals surface area contributed by atoms with Crippen molar-refractivity contribution in [1.82, 2.24) is 9.80 Å². The third-order valence-corrected chi connectivity index (χ3v) is 7.07. The van der Waals surface area contributed by atoms with Crippen LogP contribution in [0.5, 0.6) is 0 Å². The van der Waals surface area contributed by atoms with Gasteiger partial charge in [-0.15, -0.1) is 0 Å². The Morgan fingerprint density at radius 2 is 1.76 bits per heavy atom. The molecule has 1 aliphatic heterocycles. The Kier molecular flexibility index (Phi) is 7.98. The zero-order valence-corrected chi connectivity index (χ0v) is 21.1. The number of benzene rings is 2. The second kappa shape index (κ2) is 10.6. The average Bonchev–Trinajstić information content (AvgIpc) is 2.81. The van der Waals surface area contributed by atoms with Crippen LogP contribution in [-0.2, 0) is 11.2 Å². The highest BCUT2D eigenvalue weighted by atomic mass is 19.1. The van der Waals surface area contributed by atoms with Crippen LogP contribution in [0.15, 0.2) is 67.0 Å². The molecule has 1 heterocycles. The van der Waals surface area contributed by atoms with Gasteiger partial charge in [-0.25, -0.2) is 4.39 Å². The van der Waals surface area contributed by atoms with E-state index in [9.17, 15) is 9.18 Å². The number of hydrogen-bond acceptors (Lipinski definition) is 3. The van der Waals surface area contributed by atoms with E-state index in [1.165, 1.54) is 17.7 Å². The van der Waals surface area contributed by atoms with Gasteiger partial charge in [-0.05, 0) is 68.4 Å². The van der Waals surface area contributed by atoms with Gasteiger partial charge in [-0.2, -0.15) is 0 Å². The SMILES string of the molecule is C=C1N(C=C(c2ccc(F)cc2)C(C)CC)CCN(C(=O)C(N)Cc2ccc(C)cc2)C1(C)C. The predicted octanol–water partition coefficient (Wildman–Crippen LogP) is 5.53. The fourth-order valence-corrected chi connectivity index (χ4v) is 4.44. The van der Waals surface area contributed by atoms with Crippen molar-refractivity contribution in [1.29, 1.82) is 0 Å². The van der Waals surface area contributed by atoms with E-state index in [-0.39, 0.29) is 11.7 Å². The minimum Gasteiger partial charge on any atom is -0.348 e. The smallest absolute Gasteiger partial charge is 0.240 e. The molecule has 1 fully saturated rings. The summed E-state index contributed by atoms with van der Waals surface area (Å²) in [6, 6.07) is 14.2. The van der Waals surface area contributed by atoms with Gasteiger partial charge in [0.2, 0.25) is 5.91 Å². The topological polar surface area (TPSA) is 49.6 Å². The fraction of sp³-hybridized carbons (Fsp3) is 0.414. The molecule has 2 atom stereocenters. The number of carbonyl (C=O) groups is 1. The number of rotatable bonds is 7. The van der Waals surface area contributed by atoms with Crippen LogP contribution in [0, 0.1) is 18.7 Å². The number of carbonyl (C=O) groups excluding carboxylic acids is 1. The van der Waals surface area contributed by atoms with Gasteiger partial charge in [-0.1, -0.05) is 62.4 Å². The molecule has 2 unspecified atom stereocenters. The summed E-state index contributed by atoms with van der Waals surface area (Å²) >= 11 is 0. The molecule has 1 aliphatic rings. The minimum absolute atomic E-state index is 0.0592. The molecule has 4 nitrogen and oxygen atoms in total. The van der Waals surface area contributed by atoms with E-state index in [2.05, 4.69) is 31.5 Å². The van der Waals surface area contributed by atoms with Gasteiger partial charge in [0.15, 0.2) is 0 Å². The Bertz CT molecular complexity index is 1040. The summed E-state index contributed by atoms with van der Waals surface area (Å²) in [4.78, 5) is 17.4. The van der Waals surface area contributed by atoms with Crippen molar-refractivity contribution < 1.29 is 9.18 Å². The average molecular weight is 464 g/mol. The highest BCUT2D eigenvalue weighted by Gasteiger charge is 2.41. The van der Waals surface area contributed by atoms with Gasteiger partial charge in [0.25, 0.3) is 0 Å². The number of piperazine rings is 1. The molecule has 34 heavy (non-hydrogen) atoms. The van der Waals surface area contributed by atoms with Crippen molar-refractivity contribution in [3.05, 3.63) is 89.5 Å². The predicted molar refractivity (Wildman–Crippen MR) is 138 cm³/mol. The Hall–Kier alpha value is -2.92. The molecular weight excluding hydrogens is 425 g/mol. The monoisotopic (exact) mass is 463 g/mol. The number of nitrogens with zero attached hydrogens (tertiary/aromatic N) is 2. The summed E-state index contributed by atoms with van der Waals surface area (Å²) in [5.41, 5.74) is 11.0. The third-order valence-electron chi connectivity index (χ3n) is 7.07. The van der Waals surface area contributed by atoms with Gasteiger partial charge >= 0.3 is 0 Å². The highest BCUT2D eigenvalue weighted by Crippen LogP contribution is 2.34. The highest BCUT2D eigenvalue weighted by molar-refractivity contribution is 5.83. The maximum Gasteiger partial charge on any atom is 0.240 e. The lowest BCUT2D eigenvalue weighted by molar-refractivity contribution is -0.138. The lowest BCUT2D eigenvalue weighted by Gasteiger charge is -2.49. The number of allylic oxidation sites excluding steroid dienone is 1. The summed E-state index contributed by atoms with van der Waals surface area (Å²) in [5, 5.41) is 0. The minimum atomic E-state index is -0.605. The van der Waals surface area contributed by atoms with E-state index in [1.807, 2.05) is 62.1 Å². The first-order chi connectivity index (χ1) is 16.0. The van der Waals surface area contributed by atoms with Gasteiger partial charge < -0.3 is 15.5 Å². The second-order valence-electron chi connectivity index (χ2n) is 9.89. The Morgan fingerprint density at radius 1 is 1.15 bits per heavy atom. The molecule has 1 amide bonds. The van der Waals surface area contributed by atoms with Crippen molar-refractivity contribution in [3.63, 3.8) is 0 Å². The van der Waals surface area contributed by atoms with Crippen molar-refractivity contribution >= 4 is 11.5 Å². The van der Waals surface area contributed by atoms with Crippen LogP contribution in [0.3, 0.4) is 0 Å². The fourth-order valence-electron chi connectivity index (χ4n) is 4.44. The van der Waals surface area contributed by atoms with Crippen LogP contribution in [0.4, 0.5) is 4.39 Å². The Morgan fingerprint density at radius 3 is 2.35 bits per heavy atom. The van der Waals surface area contributed by atoms with Crippen molar-refractivity contribution in [2.75, 3.05) is 13.1 Å². The summed E-state index contributed by atoms with van der Waals surface area (Å²) in [7, 11) is 0. The zero-order valence-electron chi connectivity index (χ0n) is 21.1. The normalized spacial score (nSPS) is 18.1. The van der Waals surface area contributed by atoms with Crippen LogP contribution in [-0.4, -0.2) is 40.4 Å². The Labute approximate surface area is 203 Å². The van der Waals surface area contributed by atoms with Crippen LogP contribution in [0.25, 0.3) is 5.57 Å². The standard InChI is InChI=1S/C29H38FN3O/c1-7-21(3)26(24-12-14-25(30)15-13-24)19-32-16-17-33(29(5,6)22(32)4)28(34)27(31)18-23-10-8-20(2)9-11-23/h8-15,19,21,27H,4,7,16-18,31H2,1-3,5-6H3. The quantitative estimate of drug-likeness (QED) is 0.588. The maximum absolute atomic E-state index is 13.5. The molecule has 2 aromatic rings. The lowest BCUT2D eigenvalue weighted by atomic mass is 9.90. The molecule has 0 aliphatic carbocycles. The van der Waals surface area contributed by atoms with E-state index in [0.717, 1.165) is 28.8 Å². The molecule has 5 heteroatoms. The first-order valence-electron chi connectivity index (χ1n) is 12.1. The van der Waals surface area contributed by atoms with Crippen molar-refractivity contribution in [2.24, 2.45) is 11.7 Å². The lowest BCUT2D eigenvalue weighted by Crippen LogP contribution is -2.61. The maximum atomic E-state index is 13.5. The summed E-state index contributed by atoms with van der Waals surface area (Å²) in [6.45, 7) is 16.0. The van der Waals surface area contributed by atoms with Gasteiger partial charge in [0.1, 0.15) is 5.82 Å². The van der Waals surface area contributed by atoms with E-state index in [1.54, 1.807) is 0 Å². The van der Waals surface area contributed by atoms with Crippen LogP contribution >= 0.6 is 0 Å². The largest absolute Gasteiger partial charge is 0.348 e.